The lowest BCUT2D eigenvalue weighted by atomic mass is 10.3. The third kappa shape index (κ3) is 2.22. The average Bonchev–Trinajstić information content (AvgIpc) is 2.75. The predicted octanol–water partition coefficient (Wildman–Crippen LogP) is 1.80. The van der Waals surface area contributed by atoms with Crippen LogP contribution >= 0.6 is 11.6 Å². The van der Waals surface area contributed by atoms with E-state index in [4.69, 9.17) is 22.7 Å². The van der Waals surface area contributed by atoms with Crippen LogP contribution in [0.4, 0.5) is 11.4 Å². The maximum Gasteiger partial charge on any atom is 0.248 e. The molecule has 1 aromatic carbocycles. The summed E-state index contributed by atoms with van der Waals surface area (Å²) >= 11 is 5.90. The average molecular weight is 252 g/mol. The largest absolute Gasteiger partial charge is 0.396 e. The number of nitrogens with two attached hydrogens (primary N) is 1. The Hall–Kier alpha value is -2.05. The molecule has 88 valence electrons. The standard InChI is InChI=1S/C10H10ClN5O/c11-8-3-1-2-4-9(8)16(17)10(13)15-6-7(12)5-14-15/h1-6,13,17H,12H2. The minimum atomic E-state index is -0.269. The van der Waals surface area contributed by atoms with Crippen molar-refractivity contribution in [3.8, 4) is 0 Å². The molecule has 0 atom stereocenters. The van der Waals surface area contributed by atoms with E-state index in [-0.39, 0.29) is 5.96 Å². The molecular weight excluding hydrogens is 242 g/mol. The normalized spacial score (nSPS) is 10.2. The maximum atomic E-state index is 9.86. The monoisotopic (exact) mass is 251 g/mol. The molecule has 0 bridgehead atoms. The highest BCUT2D eigenvalue weighted by Crippen LogP contribution is 2.24. The van der Waals surface area contributed by atoms with Crippen LogP contribution in [0.15, 0.2) is 36.7 Å². The number of rotatable bonds is 1. The molecule has 0 radical (unpaired) electrons. The third-order valence-corrected chi connectivity index (χ3v) is 2.42. The first-order chi connectivity index (χ1) is 8.09. The van der Waals surface area contributed by atoms with E-state index in [1.807, 2.05) is 0 Å². The van der Waals surface area contributed by atoms with Crippen LogP contribution in [-0.2, 0) is 0 Å². The molecular formula is C10H10ClN5O. The number of hydrogen-bond acceptors (Lipinski definition) is 4. The van der Waals surface area contributed by atoms with Crippen LogP contribution in [-0.4, -0.2) is 20.9 Å². The number of halogens is 1. The van der Waals surface area contributed by atoms with Crippen molar-refractivity contribution in [2.24, 2.45) is 0 Å². The van der Waals surface area contributed by atoms with Gasteiger partial charge in [0, 0.05) is 0 Å². The summed E-state index contributed by atoms with van der Waals surface area (Å²) in [6.45, 7) is 0. The number of nitrogen functional groups attached to an aromatic ring is 1. The summed E-state index contributed by atoms with van der Waals surface area (Å²) in [7, 11) is 0. The zero-order valence-corrected chi connectivity index (χ0v) is 9.46. The molecule has 0 aliphatic carbocycles. The van der Waals surface area contributed by atoms with Crippen molar-refractivity contribution in [1.29, 1.82) is 5.41 Å². The zero-order chi connectivity index (χ0) is 12.4. The van der Waals surface area contributed by atoms with E-state index in [0.29, 0.717) is 21.5 Å². The second kappa shape index (κ2) is 4.44. The van der Waals surface area contributed by atoms with Crippen molar-refractivity contribution in [2.45, 2.75) is 0 Å². The minimum absolute atomic E-state index is 0.269. The molecule has 2 aromatic rings. The molecule has 2 rings (SSSR count). The highest BCUT2D eigenvalue weighted by atomic mass is 35.5. The number of aromatic nitrogens is 2. The number of hydroxylamine groups is 1. The smallest absolute Gasteiger partial charge is 0.248 e. The van der Waals surface area contributed by atoms with Gasteiger partial charge in [0.2, 0.25) is 5.96 Å². The van der Waals surface area contributed by atoms with Gasteiger partial charge in [-0.2, -0.15) is 10.2 Å². The van der Waals surface area contributed by atoms with Crippen LogP contribution in [0, 0.1) is 5.41 Å². The van der Waals surface area contributed by atoms with E-state index in [1.54, 1.807) is 24.3 Å². The van der Waals surface area contributed by atoms with Gasteiger partial charge in [-0.15, -0.1) is 0 Å². The van der Waals surface area contributed by atoms with Gasteiger partial charge in [-0.25, -0.2) is 4.68 Å². The Labute approximate surface area is 102 Å². The van der Waals surface area contributed by atoms with Gasteiger partial charge in [-0.05, 0) is 12.1 Å². The molecule has 0 saturated carbocycles. The summed E-state index contributed by atoms with van der Waals surface area (Å²) in [5, 5.41) is 22.4. The lowest BCUT2D eigenvalue weighted by molar-refractivity contribution is 0.306. The van der Waals surface area contributed by atoms with Crippen LogP contribution in [0.5, 0.6) is 0 Å². The van der Waals surface area contributed by atoms with Gasteiger partial charge in [0.05, 0.1) is 28.8 Å². The molecule has 17 heavy (non-hydrogen) atoms. The Morgan fingerprint density at radius 2 is 2.18 bits per heavy atom. The number of anilines is 2. The molecule has 0 aliphatic heterocycles. The molecule has 0 fully saturated rings. The van der Waals surface area contributed by atoms with Crippen molar-refractivity contribution in [3.63, 3.8) is 0 Å². The molecule has 0 saturated heterocycles. The lowest BCUT2D eigenvalue weighted by Crippen LogP contribution is -2.32. The van der Waals surface area contributed by atoms with Gasteiger partial charge in [0.15, 0.2) is 0 Å². The molecule has 0 aliphatic rings. The van der Waals surface area contributed by atoms with Gasteiger partial charge in [-0.1, -0.05) is 23.7 Å². The lowest BCUT2D eigenvalue weighted by Gasteiger charge is -2.17. The quantitative estimate of drug-likeness (QED) is 0.409. The van der Waals surface area contributed by atoms with E-state index in [0.717, 1.165) is 4.68 Å². The van der Waals surface area contributed by atoms with Crippen molar-refractivity contribution in [2.75, 3.05) is 10.8 Å². The number of para-hydroxylation sites is 1. The number of benzene rings is 1. The van der Waals surface area contributed by atoms with E-state index < -0.39 is 0 Å². The second-order valence-electron chi connectivity index (χ2n) is 3.31. The summed E-state index contributed by atoms with van der Waals surface area (Å²) in [6, 6.07) is 6.64. The van der Waals surface area contributed by atoms with E-state index in [9.17, 15) is 5.21 Å². The van der Waals surface area contributed by atoms with Gasteiger partial charge in [0.25, 0.3) is 0 Å². The van der Waals surface area contributed by atoms with Crippen LogP contribution in [0.1, 0.15) is 0 Å². The fraction of sp³-hybridized carbons (Fsp3) is 0. The topological polar surface area (TPSA) is 91.2 Å². The molecule has 1 aromatic heterocycles. The molecule has 1 heterocycles. The highest BCUT2D eigenvalue weighted by Gasteiger charge is 2.14. The summed E-state index contributed by atoms with van der Waals surface area (Å²) < 4.78 is 1.14. The van der Waals surface area contributed by atoms with Crippen molar-refractivity contribution in [1.82, 2.24) is 9.78 Å². The van der Waals surface area contributed by atoms with Crippen LogP contribution in [0.2, 0.25) is 5.02 Å². The van der Waals surface area contributed by atoms with Gasteiger partial charge >= 0.3 is 0 Å². The summed E-state index contributed by atoms with van der Waals surface area (Å²) in [5.74, 6) is -0.269. The Kier molecular flexibility index (Phi) is 2.99. The van der Waals surface area contributed by atoms with Crippen LogP contribution in [0.25, 0.3) is 0 Å². The second-order valence-corrected chi connectivity index (χ2v) is 3.71. The number of nitrogens with zero attached hydrogens (tertiary/aromatic N) is 3. The Morgan fingerprint density at radius 1 is 1.47 bits per heavy atom. The van der Waals surface area contributed by atoms with E-state index in [1.165, 1.54) is 12.4 Å². The van der Waals surface area contributed by atoms with Gasteiger partial charge < -0.3 is 5.73 Å². The third-order valence-electron chi connectivity index (χ3n) is 2.10. The highest BCUT2D eigenvalue weighted by molar-refractivity contribution is 6.33. The fourth-order valence-electron chi connectivity index (χ4n) is 1.29. The number of nitrogens with one attached hydrogen (secondary N) is 1. The molecule has 6 nitrogen and oxygen atoms in total. The zero-order valence-electron chi connectivity index (χ0n) is 8.71. The Balaban J connectivity index is 2.29. The fourth-order valence-corrected chi connectivity index (χ4v) is 1.50. The first-order valence-corrected chi connectivity index (χ1v) is 5.10. The molecule has 0 amide bonds. The molecule has 4 N–H and O–H groups in total. The summed E-state index contributed by atoms with van der Waals surface area (Å²) in [5.41, 5.74) is 6.18. The maximum absolute atomic E-state index is 9.86. The SMILES string of the molecule is N=C(N(O)c1ccccc1Cl)n1cc(N)cn1. The van der Waals surface area contributed by atoms with E-state index >= 15 is 0 Å². The Bertz CT molecular complexity index is 553. The minimum Gasteiger partial charge on any atom is -0.396 e. The van der Waals surface area contributed by atoms with Crippen LogP contribution in [0.3, 0.4) is 0 Å². The van der Waals surface area contributed by atoms with Gasteiger partial charge in [-0.3, -0.25) is 10.6 Å². The van der Waals surface area contributed by atoms with Crippen molar-refractivity contribution < 1.29 is 5.21 Å². The summed E-state index contributed by atoms with van der Waals surface area (Å²) in [6.07, 6.45) is 2.80. The molecule has 0 spiro atoms. The van der Waals surface area contributed by atoms with E-state index in [2.05, 4.69) is 5.10 Å². The Morgan fingerprint density at radius 3 is 2.76 bits per heavy atom. The van der Waals surface area contributed by atoms with Crippen molar-refractivity contribution in [3.05, 3.63) is 41.7 Å². The predicted molar refractivity (Wildman–Crippen MR) is 65.5 cm³/mol. The first-order valence-electron chi connectivity index (χ1n) is 4.72. The molecule has 7 heteroatoms. The molecule has 0 unspecified atom stereocenters. The van der Waals surface area contributed by atoms with Crippen molar-refractivity contribution >= 4 is 28.9 Å². The summed E-state index contributed by atoms with van der Waals surface area (Å²) in [4.78, 5) is 0. The number of hydrogen-bond donors (Lipinski definition) is 3. The van der Waals surface area contributed by atoms with Gasteiger partial charge in [0.1, 0.15) is 0 Å². The van der Waals surface area contributed by atoms with Crippen LogP contribution < -0.4 is 10.8 Å². The first kappa shape index (κ1) is 11.4.